The van der Waals surface area contributed by atoms with E-state index >= 15 is 0 Å². The van der Waals surface area contributed by atoms with Crippen LogP contribution >= 0.6 is 0 Å². The molecule has 0 heterocycles. The summed E-state index contributed by atoms with van der Waals surface area (Å²) in [6.07, 6.45) is 2.48. The average Bonchev–Trinajstić information content (AvgIpc) is 2.02. The first-order valence-electron chi connectivity index (χ1n) is 4.95. The van der Waals surface area contributed by atoms with Gasteiger partial charge in [-0.2, -0.15) is 0 Å². The van der Waals surface area contributed by atoms with Crippen molar-refractivity contribution in [1.82, 2.24) is 0 Å². The van der Waals surface area contributed by atoms with E-state index in [1.54, 1.807) is 0 Å². The smallest absolute Gasteiger partial charge is 0.0518 e. The van der Waals surface area contributed by atoms with E-state index in [0.717, 1.165) is 19.4 Å². The van der Waals surface area contributed by atoms with Crippen molar-refractivity contribution in [3.63, 3.8) is 0 Å². The molecule has 0 aromatic rings. The van der Waals surface area contributed by atoms with Gasteiger partial charge in [0, 0.05) is 12.6 Å². The van der Waals surface area contributed by atoms with Crippen LogP contribution in [0.15, 0.2) is 0 Å². The lowest BCUT2D eigenvalue weighted by Gasteiger charge is -2.18. The van der Waals surface area contributed by atoms with Crippen molar-refractivity contribution in [2.45, 2.75) is 52.7 Å². The van der Waals surface area contributed by atoms with Crippen molar-refractivity contribution in [3.8, 4) is 0 Å². The number of ether oxygens (including phenoxy) is 1. The highest BCUT2D eigenvalue weighted by molar-refractivity contribution is 4.66. The zero-order chi connectivity index (χ0) is 9.56. The summed E-state index contributed by atoms with van der Waals surface area (Å²) in [7, 11) is 0. The predicted molar refractivity (Wildman–Crippen MR) is 53.1 cm³/mol. The summed E-state index contributed by atoms with van der Waals surface area (Å²) in [5.41, 5.74) is 5.88. The van der Waals surface area contributed by atoms with Gasteiger partial charge in [0.2, 0.25) is 0 Å². The van der Waals surface area contributed by atoms with Crippen LogP contribution in [-0.2, 0) is 4.74 Å². The predicted octanol–water partition coefficient (Wildman–Crippen LogP) is 2.17. The van der Waals surface area contributed by atoms with Crippen LogP contribution in [0.2, 0.25) is 0 Å². The first kappa shape index (κ1) is 11.9. The van der Waals surface area contributed by atoms with Gasteiger partial charge < -0.3 is 10.5 Å². The molecule has 0 fully saturated rings. The van der Waals surface area contributed by atoms with Crippen LogP contribution in [-0.4, -0.2) is 18.8 Å². The summed E-state index contributed by atoms with van der Waals surface area (Å²) in [6.45, 7) is 9.28. The van der Waals surface area contributed by atoms with E-state index in [1.807, 2.05) is 0 Å². The summed E-state index contributed by atoms with van der Waals surface area (Å²) < 4.78 is 5.45. The normalized spacial score (nSPS) is 16.5. The maximum Gasteiger partial charge on any atom is 0.0518 e. The highest BCUT2D eigenvalue weighted by Gasteiger charge is 2.09. The molecule has 0 saturated carbocycles. The van der Waals surface area contributed by atoms with E-state index in [2.05, 4.69) is 27.7 Å². The third-order valence-electron chi connectivity index (χ3n) is 2.23. The Kier molecular flexibility index (Phi) is 6.39. The Morgan fingerprint density at radius 1 is 1.25 bits per heavy atom. The monoisotopic (exact) mass is 173 g/mol. The van der Waals surface area contributed by atoms with Gasteiger partial charge in [0.1, 0.15) is 0 Å². The molecule has 0 aromatic carbocycles. The van der Waals surface area contributed by atoms with Crippen LogP contribution in [0.25, 0.3) is 0 Å². The average molecular weight is 173 g/mol. The molecule has 0 aromatic heterocycles. The molecule has 2 nitrogen and oxygen atoms in total. The molecule has 0 radical (unpaired) electrons. The Labute approximate surface area is 76.5 Å². The van der Waals surface area contributed by atoms with E-state index in [1.165, 1.54) is 0 Å². The van der Waals surface area contributed by atoms with Crippen LogP contribution in [0.3, 0.4) is 0 Å². The minimum Gasteiger partial charge on any atom is -0.379 e. The molecule has 0 saturated heterocycles. The Morgan fingerprint density at radius 2 is 1.83 bits per heavy atom. The quantitative estimate of drug-likeness (QED) is 0.668. The molecule has 2 unspecified atom stereocenters. The Morgan fingerprint density at radius 3 is 2.25 bits per heavy atom. The summed E-state index contributed by atoms with van der Waals surface area (Å²) in [5.74, 6) is 0.578. The SMILES string of the molecule is CCC(N)C(C)CCOC(C)C. The molecule has 0 bridgehead atoms. The molecule has 0 aliphatic rings. The summed E-state index contributed by atoms with van der Waals surface area (Å²) in [5, 5.41) is 0. The first-order chi connectivity index (χ1) is 5.57. The van der Waals surface area contributed by atoms with Crippen molar-refractivity contribution in [1.29, 1.82) is 0 Å². The molecule has 0 amide bonds. The van der Waals surface area contributed by atoms with Crippen molar-refractivity contribution in [3.05, 3.63) is 0 Å². The molecule has 12 heavy (non-hydrogen) atoms. The van der Waals surface area contributed by atoms with Gasteiger partial charge in [-0.15, -0.1) is 0 Å². The molecular weight excluding hydrogens is 150 g/mol. The second-order valence-corrected chi connectivity index (χ2v) is 3.76. The molecule has 0 spiro atoms. The molecule has 2 heteroatoms. The van der Waals surface area contributed by atoms with Crippen molar-refractivity contribution in [2.75, 3.05) is 6.61 Å². The maximum absolute atomic E-state index is 5.88. The van der Waals surface area contributed by atoms with Crippen molar-refractivity contribution >= 4 is 0 Å². The zero-order valence-corrected chi connectivity index (χ0v) is 8.84. The Bertz CT molecular complexity index is 104. The second kappa shape index (κ2) is 6.44. The van der Waals surface area contributed by atoms with E-state index < -0.39 is 0 Å². The van der Waals surface area contributed by atoms with Crippen molar-refractivity contribution in [2.24, 2.45) is 11.7 Å². The van der Waals surface area contributed by atoms with E-state index in [9.17, 15) is 0 Å². The lowest BCUT2D eigenvalue weighted by molar-refractivity contribution is 0.0675. The third-order valence-corrected chi connectivity index (χ3v) is 2.23. The van der Waals surface area contributed by atoms with E-state index in [0.29, 0.717) is 18.1 Å². The van der Waals surface area contributed by atoms with Gasteiger partial charge in [-0.3, -0.25) is 0 Å². The molecule has 0 aliphatic carbocycles. The fourth-order valence-corrected chi connectivity index (χ4v) is 1.11. The summed E-state index contributed by atoms with van der Waals surface area (Å²) in [6, 6.07) is 0.334. The zero-order valence-electron chi connectivity index (χ0n) is 8.84. The lowest BCUT2D eigenvalue weighted by atomic mass is 9.98. The molecule has 0 aliphatic heterocycles. The molecule has 74 valence electrons. The molecule has 2 N–H and O–H groups in total. The van der Waals surface area contributed by atoms with Crippen molar-refractivity contribution < 1.29 is 4.74 Å². The Hall–Kier alpha value is -0.0800. The second-order valence-electron chi connectivity index (χ2n) is 3.76. The fraction of sp³-hybridized carbons (Fsp3) is 1.00. The minimum absolute atomic E-state index is 0.334. The van der Waals surface area contributed by atoms with Gasteiger partial charge in [-0.25, -0.2) is 0 Å². The fourth-order valence-electron chi connectivity index (χ4n) is 1.11. The van der Waals surface area contributed by atoms with E-state index in [-0.39, 0.29) is 0 Å². The Balaban J connectivity index is 3.37. The minimum atomic E-state index is 0.334. The standard InChI is InChI=1S/C10H23NO/c1-5-10(11)9(4)6-7-12-8(2)3/h8-10H,5-7,11H2,1-4H3. The number of hydrogen-bond acceptors (Lipinski definition) is 2. The number of nitrogens with two attached hydrogens (primary N) is 1. The van der Waals surface area contributed by atoms with Gasteiger partial charge >= 0.3 is 0 Å². The molecular formula is C10H23NO. The topological polar surface area (TPSA) is 35.2 Å². The first-order valence-corrected chi connectivity index (χ1v) is 4.95. The maximum atomic E-state index is 5.88. The molecule has 2 atom stereocenters. The molecule has 0 rings (SSSR count). The van der Waals surface area contributed by atoms with Gasteiger partial charge in [-0.05, 0) is 32.6 Å². The summed E-state index contributed by atoms with van der Waals surface area (Å²) >= 11 is 0. The van der Waals surface area contributed by atoms with Crippen LogP contribution in [0.1, 0.15) is 40.5 Å². The van der Waals surface area contributed by atoms with Gasteiger partial charge in [0.05, 0.1) is 6.10 Å². The highest BCUT2D eigenvalue weighted by atomic mass is 16.5. The highest BCUT2D eigenvalue weighted by Crippen LogP contribution is 2.09. The lowest BCUT2D eigenvalue weighted by Crippen LogP contribution is -2.28. The van der Waals surface area contributed by atoms with E-state index in [4.69, 9.17) is 10.5 Å². The van der Waals surface area contributed by atoms with Crippen LogP contribution < -0.4 is 5.73 Å². The van der Waals surface area contributed by atoms with Crippen LogP contribution in [0.4, 0.5) is 0 Å². The largest absolute Gasteiger partial charge is 0.379 e. The van der Waals surface area contributed by atoms with Gasteiger partial charge in [-0.1, -0.05) is 13.8 Å². The van der Waals surface area contributed by atoms with Crippen LogP contribution in [0, 0.1) is 5.92 Å². The number of hydrogen-bond donors (Lipinski definition) is 1. The van der Waals surface area contributed by atoms with Gasteiger partial charge in [0.25, 0.3) is 0 Å². The van der Waals surface area contributed by atoms with Crippen LogP contribution in [0.5, 0.6) is 0 Å². The number of rotatable bonds is 6. The third kappa shape index (κ3) is 5.56. The summed E-state index contributed by atoms with van der Waals surface area (Å²) in [4.78, 5) is 0. The van der Waals surface area contributed by atoms with Gasteiger partial charge in [0.15, 0.2) is 0 Å².